The third-order valence-electron chi connectivity index (χ3n) is 10.5. The molecule has 5 atom stereocenters. The van der Waals surface area contributed by atoms with Crippen LogP contribution in [0.15, 0.2) is 109 Å². The van der Waals surface area contributed by atoms with Gasteiger partial charge in [-0.3, -0.25) is 14.6 Å². The number of hydrogen-bond acceptors (Lipinski definition) is 6. The number of carboxylic acid groups (broad SMARTS) is 1. The lowest BCUT2D eigenvalue weighted by Gasteiger charge is -2.38. The van der Waals surface area contributed by atoms with Crippen molar-refractivity contribution in [1.29, 1.82) is 0 Å². The molecule has 5 rings (SSSR count). The van der Waals surface area contributed by atoms with Crippen LogP contribution >= 0.6 is 0 Å². The molecule has 0 spiro atoms. The lowest BCUT2D eigenvalue weighted by molar-refractivity contribution is -0.130. The molecule has 12 nitrogen and oxygen atoms in total. The number of carbonyl (C=O) groups is 4. The van der Waals surface area contributed by atoms with Gasteiger partial charge in [0.1, 0.15) is 12.1 Å². The maximum absolute atomic E-state index is 14.5. The number of rotatable bonds is 16. The minimum absolute atomic E-state index is 0.0524. The quantitative estimate of drug-likeness (QED) is 0.0891. The number of amides is 5. The van der Waals surface area contributed by atoms with Crippen molar-refractivity contribution in [2.45, 2.75) is 97.6 Å². The fourth-order valence-corrected chi connectivity index (χ4v) is 7.59. The van der Waals surface area contributed by atoms with Crippen molar-refractivity contribution in [3.8, 4) is 11.1 Å². The van der Waals surface area contributed by atoms with Gasteiger partial charge in [0.05, 0.1) is 12.1 Å². The topological polar surface area (TPSA) is 164 Å². The molecule has 0 aliphatic carbocycles. The van der Waals surface area contributed by atoms with Crippen LogP contribution in [-0.2, 0) is 29.0 Å². The molecule has 4 aromatic rings. The van der Waals surface area contributed by atoms with E-state index < -0.39 is 53.1 Å². The lowest BCUT2D eigenvalue weighted by atomic mass is 9.84. The van der Waals surface area contributed by atoms with Crippen LogP contribution in [0.1, 0.15) is 64.7 Å². The number of aliphatic hydroxyl groups is 1. The molecule has 5 N–H and O–H groups in total. The van der Waals surface area contributed by atoms with Gasteiger partial charge in [-0.15, -0.1) is 0 Å². The number of pyridine rings is 1. The highest BCUT2D eigenvalue weighted by atomic mass is 16.4. The summed E-state index contributed by atoms with van der Waals surface area (Å²) >= 11 is 0. The summed E-state index contributed by atoms with van der Waals surface area (Å²) in [5, 5.41) is 30.3. The van der Waals surface area contributed by atoms with E-state index in [0.29, 0.717) is 26.1 Å². The van der Waals surface area contributed by atoms with Gasteiger partial charge in [-0.1, -0.05) is 133 Å². The standard InChI is InChI=1S/C46H58N6O6/c1-45(2,3)39(50-43(56)57)41(54)49-37(27-32-19-21-34(22-20-32)35-18-13-23-47-29-35)38(53)28-36(26-31-14-9-7-10-15-31)48-42(55)40(46(4,5)6)52-25-24-51(44(52)58)30-33-16-11-8-12-17-33/h7-23,29,36-40,50,53H,24-28,30H2,1-6H3,(H,48,55)(H,49,54)(H,56,57)/t36-,37-,38+,39+,40+/m0/s1. The van der Waals surface area contributed by atoms with E-state index in [2.05, 4.69) is 20.9 Å². The zero-order chi connectivity index (χ0) is 42.0. The van der Waals surface area contributed by atoms with Gasteiger partial charge in [0.25, 0.3) is 0 Å². The second kappa shape index (κ2) is 19.1. The summed E-state index contributed by atoms with van der Waals surface area (Å²) in [6.07, 6.45) is 1.62. The molecule has 1 aromatic heterocycles. The summed E-state index contributed by atoms with van der Waals surface area (Å²) in [6.45, 7) is 12.4. The monoisotopic (exact) mass is 790 g/mol. The number of benzene rings is 3. The maximum atomic E-state index is 14.5. The Labute approximate surface area is 342 Å². The first-order valence-corrected chi connectivity index (χ1v) is 19.9. The van der Waals surface area contributed by atoms with Gasteiger partial charge in [-0.05, 0) is 64.0 Å². The van der Waals surface area contributed by atoms with Gasteiger partial charge in [0, 0.05) is 38.1 Å². The molecule has 1 aliphatic heterocycles. The molecule has 58 heavy (non-hydrogen) atoms. The molecule has 12 heteroatoms. The number of aliphatic hydroxyl groups excluding tert-OH is 1. The second-order valence-corrected chi connectivity index (χ2v) is 17.4. The Bertz CT molecular complexity index is 1970. The van der Waals surface area contributed by atoms with Crippen LogP contribution in [0.3, 0.4) is 0 Å². The van der Waals surface area contributed by atoms with E-state index in [-0.39, 0.29) is 24.8 Å². The average molecular weight is 791 g/mol. The van der Waals surface area contributed by atoms with Gasteiger partial charge in [-0.2, -0.15) is 0 Å². The minimum Gasteiger partial charge on any atom is -0.465 e. The molecule has 308 valence electrons. The summed E-state index contributed by atoms with van der Waals surface area (Å²) in [5.41, 5.74) is 3.26. The first-order valence-electron chi connectivity index (χ1n) is 19.9. The largest absolute Gasteiger partial charge is 0.465 e. The van der Waals surface area contributed by atoms with Gasteiger partial charge in [0.2, 0.25) is 11.8 Å². The molecule has 0 unspecified atom stereocenters. The molecule has 0 radical (unpaired) electrons. The second-order valence-electron chi connectivity index (χ2n) is 17.4. The Morgan fingerprint density at radius 3 is 1.90 bits per heavy atom. The highest BCUT2D eigenvalue weighted by Gasteiger charge is 2.44. The van der Waals surface area contributed by atoms with Crippen molar-refractivity contribution in [2.75, 3.05) is 13.1 Å². The van der Waals surface area contributed by atoms with E-state index in [1.807, 2.05) is 118 Å². The maximum Gasteiger partial charge on any atom is 0.405 e. The van der Waals surface area contributed by atoms with Crippen molar-refractivity contribution in [3.63, 3.8) is 0 Å². The Hall–Kier alpha value is -5.75. The van der Waals surface area contributed by atoms with Crippen molar-refractivity contribution in [3.05, 3.63) is 126 Å². The molecule has 1 aliphatic rings. The van der Waals surface area contributed by atoms with Crippen LogP contribution in [0, 0.1) is 10.8 Å². The smallest absolute Gasteiger partial charge is 0.405 e. The molecule has 2 heterocycles. The highest BCUT2D eigenvalue weighted by Crippen LogP contribution is 2.29. The highest BCUT2D eigenvalue weighted by molar-refractivity contribution is 5.89. The normalized spacial score (nSPS) is 15.9. The molecule has 5 amide bonds. The van der Waals surface area contributed by atoms with Crippen LogP contribution in [0.2, 0.25) is 0 Å². The predicted molar refractivity (Wildman–Crippen MR) is 225 cm³/mol. The molecular weight excluding hydrogens is 733 g/mol. The summed E-state index contributed by atoms with van der Waals surface area (Å²) < 4.78 is 0. The number of nitrogens with one attached hydrogen (secondary N) is 3. The first kappa shape index (κ1) is 43.4. The Morgan fingerprint density at radius 1 is 0.707 bits per heavy atom. The fraction of sp³-hybridized carbons (Fsp3) is 0.413. The lowest BCUT2D eigenvalue weighted by Crippen LogP contribution is -2.59. The molecule has 0 bridgehead atoms. The first-order chi connectivity index (χ1) is 27.5. The SMILES string of the molecule is CC(C)(C)[C@H](NC(=O)O)C(=O)N[C@@H](Cc1ccc(-c2cccnc2)cc1)[C@H](O)C[C@H](Cc1ccccc1)NC(=O)[C@@H](N1CCN(Cc2ccccc2)C1=O)C(C)(C)C. The summed E-state index contributed by atoms with van der Waals surface area (Å²) in [6, 6.07) is 27.4. The summed E-state index contributed by atoms with van der Waals surface area (Å²) in [5.74, 6) is -0.907. The number of hydrogen-bond donors (Lipinski definition) is 5. The number of urea groups is 1. The van der Waals surface area contributed by atoms with E-state index >= 15 is 0 Å². The molecule has 3 aromatic carbocycles. The van der Waals surface area contributed by atoms with Crippen LogP contribution in [0.25, 0.3) is 11.1 Å². The van der Waals surface area contributed by atoms with E-state index in [0.717, 1.165) is 27.8 Å². The summed E-state index contributed by atoms with van der Waals surface area (Å²) in [4.78, 5) is 61.6. The Kier molecular flexibility index (Phi) is 14.3. The van der Waals surface area contributed by atoms with Gasteiger partial charge in [-0.25, -0.2) is 9.59 Å². The van der Waals surface area contributed by atoms with Gasteiger partial charge in [0.15, 0.2) is 0 Å². The minimum atomic E-state index is -1.34. The molecular formula is C46H58N6O6. The number of nitrogens with zero attached hydrogens (tertiary/aromatic N) is 3. The van der Waals surface area contributed by atoms with E-state index in [9.17, 15) is 29.4 Å². The third kappa shape index (κ3) is 11.9. The Balaban J connectivity index is 1.41. The van der Waals surface area contributed by atoms with Crippen LogP contribution in [0.4, 0.5) is 9.59 Å². The summed E-state index contributed by atoms with van der Waals surface area (Å²) in [7, 11) is 0. The zero-order valence-electron chi connectivity index (χ0n) is 34.4. The van der Waals surface area contributed by atoms with E-state index in [4.69, 9.17) is 0 Å². The van der Waals surface area contributed by atoms with E-state index in [1.54, 1.807) is 43.0 Å². The molecule has 1 fully saturated rings. The fourth-order valence-electron chi connectivity index (χ4n) is 7.59. The molecule has 1 saturated heterocycles. The predicted octanol–water partition coefficient (Wildman–Crippen LogP) is 6.29. The van der Waals surface area contributed by atoms with Crippen LogP contribution < -0.4 is 16.0 Å². The van der Waals surface area contributed by atoms with Crippen molar-refractivity contribution in [1.82, 2.24) is 30.7 Å². The van der Waals surface area contributed by atoms with Crippen molar-refractivity contribution in [2.24, 2.45) is 10.8 Å². The number of aromatic nitrogens is 1. The van der Waals surface area contributed by atoms with Crippen molar-refractivity contribution < 1.29 is 29.4 Å². The average Bonchev–Trinajstić information content (AvgIpc) is 3.51. The van der Waals surface area contributed by atoms with E-state index in [1.165, 1.54) is 0 Å². The Morgan fingerprint density at radius 2 is 1.33 bits per heavy atom. The number of carbonyl (C=O) groups excluding carboxylic acids is 3. The van der Waals surface area contributed by atoms with Crippen molar-refractivity contribution >= 4 is 23.9 Å². The zero-order valence-corrected chi connectivity index (χ0v) is 34.4. The van der Waals surface area contributed by atoms with Gasteiger partial charge < -0.3 is 36.0 Å². The molecule has 0 saturated carbocycles. The van der Waals surface area contributed by atoms with Crippen LogP contribution in [0.5, 0.6) is 0 Å². The van der Waals surface area contributed by atoms with Gasteiger partial charge >= 0.3 is 12.1 Å². The third-order valence-corrected chi connectivity index (χ3v) is 10.5. The van der Waals surface area contributed by atoms with Crippen LogP contribution in [-0.4, -0.2) is 92.3 Å².